The molecule has 3 amide bonds. The van der Waals surface area contributed by atoms with Gasteiger partial charge in [-0.05, 0) is 41.7 Å². The molecule has 0 aliphatic carbocycles. The molecule has 162 valence electrons. The predicted octanol–water partition coefficient (Wildman–Crippen LogP) is 2.70. The van der Waals surface area contributed by atoms with E-state index in [0.717, 1.165) is 41.8 Å². The van der Waals surface area contributed by atoms with Crippen LogP contribution >= 0.6 is 0 Å². The number of hydrogen-bond donors (Lipinski definition) is 2. The number of quaternary nitrogens is 1. The number of imide groups is 1. The fraction of sp³-hybridized carbons (Fsp3) is 0.259. The van der Waals surface area contributed by atoms with Gasteiger partial charge in [0.15, 0.2) is 12.2 Å². The summed E-state index contributed by atoms with van der Waals surface area (Å²) in [6, 6.07) is 23.7. The number of carbonyl (C=O) groups excluding carboxylic acids is 2. The molecule has 3 aromatic carbocycles. The summed E-state index contributed by atoms with van der Waals surface area (Å²) in [6.07, 6.45) is 0.955. The van der Waals surface area contributed by atoms with Crippen LogP contribution in [0.1, 0.15) is 33.4 Å². The van der Waals surface area contributed by atoms with Gasteiger partial charge in [-0.25, -0.2) is 9.69 Å². The highest BCUT2D eigenvalue weighted by Gasteiger charge is 2.54. The largest absolute Gasteiger partial charge is 0.330 e. The van der Waals surface area contributed by atoms with E-state index >= 15 is 0 Å². The molecule has 5 heteroatoms. The third-order valence-corrected chi connectivity index (χ3v) is 6.94. The van der Waals surface area contributed by atoms with E-state index in [1.165, 1.54) is 20.9 Å². The zero-order valence-electron chi connectivity index (χ0n) is 18.5. The van der Waals surface area contributed by atoms with Crippen molar-refractivity contribution in [1.82, 2.24) is 10.2 Å². The zero-order chi connectivity index (χ0) is 22.3. The molecular formula is C27H28N3O2+. The van der Waals surface area contributed by atoms with E-state index in [0.29, 0.717) is 6.67 Å². The van der Waals surface area contributed by atoms with Gasteiger partial charge < -0.3 is 10.2 Å². The lowest BCUT2D eigenvalue weighted by Crippen LogP contribution is -3.13. The van der Waals surface area contributed by atoms with Crippen LogP contribution in [0.5, 0.6) is 0 Å². The predicted molar refractivity (Wildman–Crippen MR) is 123 cm³/mol. The van der Waals surface area contributed by atoms with E-state index in [1.807, 2.05) is 62.4 Å². The van der Waals surface area contributed by atoms with Crippen LogP contribution in [0.3, 0.4) is 0 Å². The Labute approximate surface area is 188 Å². The van der Waals surface area contributed by atoms with Crippen molar-refractivity contribution in [2.24, 2.45) is 0 Å². The van der Waals surface area contributed by atoms with E-state index in [4.69, 9.17) is 0 Å². The normalized spacial score (nSPS) is 22.6. The molecule has 2 aliphatic rings. The minimum absolute atomic E-state index is 0.205. The maximum atomic E-state index is 14.0. The highest BCUT2D eigenvalue weighted by molar-refractivity contribution is 6.09. The first-order valence-electron chi connectivity index (χ1n) is 11.2. The van der Waals surface area contributed by atoms with Crippen molar-refractivity contribution in [3.05, 3.63) is 106 Å². The van der Waals surface area contributed by atoms with Crippen LogP contribution < -0.4 is 10.2 Å². The molecule has 1 fully saturated rings. The van der Waals surface area contributed by atoms with E-state index in [-0.39, 0.29) is 11.9 Å². The highest BCUT2D eigenvalue weighted by Crippen LogP contribution is 2.36. The zero-order valence-corrected chi connectivity index (χ0v) is 18.5. The SMILES string of the molecule is Cc1ccc([C@@]2(c3ccccc3)NC(=O)N(C[NH+]3CCc4ccccc4C3)C2=O)cc1C. The van der Waals surface area contributed by atoms with Crippen LogP contribution in [0.2, 0.25) is 0 Å². The fourth-order valence-electron chi connectivity index (χ4n) is 4.94. The number of fused-ring (bicyclic) bond motifs is 1. The van der Waals surface area contributed by atoms with E-state index < -0.39 is 5.54 Å². The number of amides is 3. The van der Waals surface area contributed by atoms with Gasteiger partial charge in [0.1, 0.15) is 6.54 Å². The summed E-state index contributed by atoms with van der Waals surface area (Å²) in [5.74, 6) is -0.205. The number of urea groups is 1. The van der Waals surface area contributed by atoms with Crippen molar-refractivity contribution in [2.45, 2.75) is 32.4 Å². The Balaban J connectivity index is 1.50. The first-order valence-corrected chi connectivity index (χ1v) is 11.2. The maximum absolute atomic E-state index is 14.0. The molecule has 5 rings (SSSR count). The second kappa shape index (κ2) is 7.92. The van der Waals surface area contributed by atoms with Gasteiger partial charge in [-0.15, -0.1) is 0 Å². The summed E-state index contributed by atoms with van der Waals surface area (Å²) in [5, 5.41) is 3.08. The van der Waals surface area contributed by atoms with Crippen molar-refractivity contribution in [2.75, 3.05) is 13.2 Å². The number of aryl methyl sites for hydroxylation is 2. The highest BCUT2D eigenvalue weighted by atomic mass is 16.2. The van der Waals surface area contributed by atoms with Crippen LogP contribution in [-0.2, 0) is 23.3 Å². The Morgan fingerprint density at radius 2 is 1.59 bits per heavy atom. The molecule has 0 aromatic heterocycles. The number of nitrogens with one attached hydrogen (secondary N) is 2. The third kappa shape index (κ3) is 3.30. The van der Waals surface area contributed by atoms with Crippen LogP contribution in [-0.4, -0.2) is 30.1 Å². The molecule has 0 bridgehead atoms. The first kappa shape index (κ1) is 20.5. The van der Waals surface area contributed by atoms with Crippen LogP contribution in [0.25, 0.3) is 0 Å². The molecule has 32 heavy (non-hydrogen) atoms. The summed E-state index contributed by atoms with van der Waals surface area (Å²) in [6.45, 7) is 6.16. The quantitative estimate of drug-likeness (QED) is 0.631. The van der Waals surface area contributed by atoms with Gasteiger partial charge >= 0.3 is 6.03 Å². The lowest BCUT2D eigenvalue weighted by Gasteiger charge is -2.30. The van der Waals surface area contributed by atoms with Gasteiger partial charge in [0.25, 0.3) is 5.91 Å². The van der Waals surface area contributed by atoms with E-state index in [1.54, 1.807) is 0 Å². The minimum Gasteiger partial charge on any atom is -0.315 e. The van der Waals surface area contributed by atoms with Crippen molar-refractivity contribution in [1.29, 1.82) is 0 Å². The Kier molecular flexibility index (Phi) is 5.06. The fourth-order valence-corrected chi connectivity index (χ4v) is 4.94. The van der Waals surface area contributed by atoms with Crippen molar-refractivity contribution in [3.8, 4) is 0 Å². The Morgan fingerprint density at radius 3 is 2.34 bits per heavy atom. The summed E-state index contributed by atoms with van der Waals surface area (Å²) < 4.78 is 0. The molecule has 2 heterocycles. The maximum Gasteiger partial charge on any atom is 0.330 e. The van der Waals surface area contributed by atoms with Crippen LogP contribution in [0.15, 0.2) is 72.8 Å². The second-order valence-electron chi connectivity index (χ2n) is 8.93. The average Bonchev–Trinajstić information content (AvgIpc) is 3.07. The summed E-state index contributed by atoms with van der Waals surface area (Å²) >= 11 is 0. The summed E-state index contributed by atoms with van der Waals surface area (Å²) in [7, 11) is 0. The van der Waals surface area contributed by atoms with E-state index in [9.17, 15) is 9.59 Å². The molecule has 2 N–H and O–H groups in total. The van der Waals surface area contributed by atoms with Gasteiger partial charge in [-0.1, -0.05) is 72.8 Å². The van der Waals surface area contributed by atoms with Crippen molar-refractivity contribution < 1.29 is 14.5 Å². The Morgan fingerprint density at radius 1 is 0.875 bits per heavy atom. The summed E-state index contributed by atoms with van der Waals surface area (Å²) in [5.41, 5.74) is 5.28. The van der Waals surface area contributed by atoms with Gasteiger partial charge in [0, 0.05) is 12.0 Å². The number of carbonyl (C=O) groups is 2. The number of nitrogens with zero attached hydrogens (tertiary/aromatic N) is 1. The first-order chi connectivity index (χ1) is 15.5. The second-order valence-corrected chi connectivity index (χ2v) is 8.93. The molecule has 1 unspecified atom stereocenters. The number of hydrogen-bond acceptors (Lipinski definition) is 2. The standard InChI is InChI=1S/C27H27N3O2/c1-19-12-13-24(16-20(19)2)27(23-10-4-3-5-11-23)25(31)30(26(32)28-27)18-29-15-14-21-8-6-7-9-22(21)17-29/h3-13,16H,14-15,17-18H2,1-2H3,(H,28,32)/p+1/t27-/m1/s1. The smallest absolute Gasteiger partial charge is 0.315 e. The number of benzene rings is 3. The molecule has 5 nitrogen and oxygen atoms in total. The summed E-state index contributed by atoms with van der Waals surface area (Å²) in [4.78, 5) is 29.8. The van der Waals surface area contributed by atoms with E-state index in [2.05, 4.69) is 29.6 Å². The van der Waals surface area contributed by atoms with Gasteiger partial charge in [-0.3, -0.25) is 4.79 Å². The van der Waals surface area contributed by atoms with Crippen LogP contribution in [0, 0.1) is 13.8 Å². The topological polar surface area (TPSA) is 53.9 Å². The van der Waals surface area contributed by atoms with Gasteiger partial charge in [0.2, 0.25) is 0 Å². The Bertz CT molecular complexity index is 1190. The van der Waals surface area contributed by atoms with Crippen LogP contribution in [0.4, 0.5) is 4.79 Å². The lowest BCUT2D eigenvalue weighted by atomic mass is 9.81. The van der Waals surface area contributed by atoms with Gasteiger partial charge in [0.05, 0.1) is 6.54 Å². The Hall–Kier alpha value is -3.44. The molecule has 2 aliphatic heterocycles. The molecule has 3 aromatic rings. The average molecular weight is 427 g/mol. The lowest BCUT2D eigenvalue weighted by molar-refractivity contribution is -0.923. The molecule has 0 radical (unpaired) electrons. The molecule has 1 saturated heterocycles. The minimum atomic E-state index is -1.20. The molecule has 0 saturated carbocycles. The van der Waals surface area contributed by atoms with Gasteiger partial charge in [-0.2, -0.15) is 0 Å². The monoisotopic (exact) mass is 426 g/mol. The third-order valence-electron chi connectivity index (χ3n) is 6.94. The molecular weight excluding hydrogens is 398 g/mol. The number of rotatable bonds is 4. The van der Waals surface area contributed by atoms with Crippen molar-refractivity contribution >= 4 is 11.9 Å². The molecule has 2 atom stereocenters. The van der Waals surface area contributed by atoms with Crippen molar-refractivity contribution in [3.63, 3.8) is 0 Å². The molecule has 0 spiro atoms.